The van der Waals surface area contributed by atoms with Gasteiger partial charge in [0.2, 0.25) is 0 Å². The Balaban J connectivity index is 3.43. The van der Waals surface area contributed by atoms with Gasteiger partial charge in [-0.2, -0.15) is 0 Å². The number of aliphatic hydroxyl groups excluding tert-OH is 3. The predicted molar refractivity (Wildman–Crippen MR) is 39.7 cm³/mol. The maximum atomic E-state index is 9.03. The quantitative estimate of drug-likeness (QED) is 0.396. The van der Waals surface area contributed by atoms with Crippen molar-refractivity contribution in [3.63, 3.8) is 0 Å². The van der Waals surface area contributed by atoms with Gasteiger partial charge in [-0.15, -0.1) is 0 Å². The molecule has 0 bridgehead atoms. The van der Waals surface area contributed by atoms with E-state index < -0.39 is 12.4 Å². The van der Waals surface area contributed by atoms with Gasteiger partial charge in [0, 0.05) is 0 Å². The molecule has 0 saturated heterocycles. The van der Waals surface area contributed by atoms with Crippen LogP contribution in [-0.2, 0) is 0 Å². The second kappa shape index (κ2) is 5.49. The molecule has 0 radical (unpaired) electrons. The molecule has 0 aliphatic rings. The highest BCUT2D eigenvalue weighted by Crippen LogP contribution is 2.11. The SMILES string of the molecule is CC(CCC(O)O)C(O)CO. The van der Waals surface area contributed by atoms with E-state index in [2.05, 4.69) is 0 Å². The van der Waals surface area contributed by atoms with E-state index in [1.807, 2.05) is 0 Å². The fraction of sp³-hybridized carbons (Fsp3) is 1.00. The lowest BCUT2D eigenvalue weighted by Gasteiger charge is -2.16. The van der Waals surface area contributed by atoms with Crippen molar-refractivity contribution in [1.82, 2.24) is 0 Å². The fourth-order valence-corrected chi connectivity index (χ4v) is 0.784. The van der Waals surface area contributed by atoms with E-state index in [0.29, 0.717) is 6.42 Å². The summed E-state index contributed by atoms with van der Waals surface area (Å²) in [5.41, 5.74) is 0. The third-order valence-electron chi connectivity index (χ3n) is 1.72. The highest BCUT2D eigenvalue weighted by molar-refractivity contribution is 4.62. The topological polar surface area (TPSA) is 80.9 Å². The molecule has 0 saturated carbocycles. The Morgan fingerprint density at radius 1 is 1.09 bits per heavy atom. The molecule has 2 unspecified atom stereocenters. The average Bonchev–Trinajstić information content (AvgIpc) is 1.98. The van der Waals surface area contributed by atoms with Gasteiger partial charge < -0.3 is 20.4 Å². The summed E-state index contributed by atoms with van der Waals surface area (Å²) in [5, 5.41) is 34.5. The van der Waals surface area contributed by atoms with Crippen LogP contribution < -0.4 is 0 Å². The third kappa shape index (κ3) is 5.15. The van der Waals surface area contributed by atoms with Crippen molar-refractivity contribution in [3.8, 4) is 0 Å². The minimum atomic E-state index is -1.32. The van der Waals surface area contributed by atoms with Crippen molar-refractivity contribution in [3.05, 3.63) is 0 Å². The zero-order valence-electron chi connectivity index (χ0n) is 6.64. The highest BCUT2D eigenvalue weighted by atomic mass is 16.5. The number of aliphatic hydroxyl groups is 4. The second-order valence-corrected chi connectivity index (χ2v) is 2.79. The summed E-state index contributed by atoms with van der Waals surface area (Å²) < 4.78 is 0. The van der Waals surface area contributed by atoms with E-state index in [9.17, 15) is 0 Å². The number of rotatable bonds is 5. The van der Waals surface area contributed by atoms with Gasteiger partial charge in [0.1, 0.15) is 0 Å². The summed E-state index contributed by atoms with van der Waals surface area (Å²) in [6.45, 7) is 1.48. The summed E-state index contributed by atoms with van der Waals surface area (Å²) in [7, 11) is 0. The van der Waals surface area contributed by atoms with E-state index in [0.717, 1.165) is 0 Å². The van der Waals surface area contributed by atoms with Crippen LogP contribution in [0.4, 0.5) is 0 Å². The maximum Gasteiger partial charge on any atom is 0.151 e. The smallest absolute Gasteiger partial charge is 0.151 e. The standard InChI is InChI=1S/C7H16O4/c1-5(6(9)4-8)2-3-7(10)11/h5-11H,2-4H2,1H3. The van der Waals surface area contributed by atoms with Crippen LogP contribution in [0.2, 0.25) is 0 Å². The van der Waals surface area contributed by atoms with Crippen molar-refractivity contribution in [2.45, 2.75) is 32.2 Å². The van der Waals surface area contributed by atoms with E-state index in [1.165, 1.54) is 0 Å². The van der Waals surface area contributed by atoms with E-state index in [4.69, 9.17) is 20.4 Å². The summed E-state index contributed by atoms with van der Waals surface area (Å²) in [4.78, 5) is 0. The first kappa shape index (κ1) is 10.8. The monoisotopic (exact) mass is 164 g/mol. The second-order valence-electron chi connectivity index (χ2n) is 2.79. The van der Waals surface area contributed by atoms with E-state index >= 15 is 0 Å². The van der Waals surface area contributed by atoms with Crippen LogP contribution in [0.25, 0.3) is 0 Å². The van der Waals surface area contributed by atoms with Crippen LogP contribution in [0.5, 0.6) is 0 Å². The molecule has 0 spiro atoms. The van der Waals surface area contributed by atoms with Gasteiger partial charge in [-0.25, -0.2) is 0 Å². The Hall–Kier alpha value is -0.160. The van der Waals surface area contributed by atoms with Gasteiger partial charge in [-0.1, -0.05) is 6.92 Å². The Labute approximate surface area is 66.1 Å². The van der Waals surface area contributed by atoms with Crippen LogP contribution in [0.3, 0.4) is 0 Å². The molecule has 0 fully saturated rings. The van der Waals surface area contributed by atoms with Gasteiger partial charge >= 0.3 is 0 Å². The molecule has 0 aromatic carbocycles. The van der Waals surface area contributed by atoms with Crippen LogP contribution >= 0.6 is 0 Å². The number of hydrogen-bond donors (Lipinski definition) is 4. The first-order valence-electron chi connectivity index (χ1n) is 3.73. The molecule has 0 amide bonds. The first-order chi connectivity index (χ1) is 5.07. The Morgan fingerprint density at radius 3 is 2.00 bits per heavy atom. The van der Waals surface area contributed by atoms with Gasteiger partial charge in [0.05, 0.1) is 12.7 Å². The van der Waals surface area contributed by atoms with E-state index in [1.54, 1.807) is 6.92 Å². The predicted octanol–water partition coefficient (Wildman–Crippen LogP) is -0.933. The fourth-order valence-electron chi connectivity index (χ4n) is 0.784. The van der Waals surface area contributed by atoms with Crippen LogP contribution in [-0.4, -0.2) is 39.4 Å². The van der Waals surface area contributed by atoms with Gasteiger partial charge in [0.25, 0.3) is 0 Å². The highest BCUT2D eigenvalue weighted by Gasteiger charge is 2.13. The van der Waals surface area contributed by atoms with Crippen LogP contribution in [0.1, 0.15) is 19.8 Å². The van der Waals surface area contributed by atoms with Gasteiger partial charge in [-0.3, -0.25) is 0 Å². The molecule has 2 atom stereocenters. The zero-order chi connectivity index (χ0) is 8.85. The molecule has 11 heavy (non-hydrogen) atoms. The molecule has 0 aromatic heterocycles. The molecular formula is C7H16O4. The van der Waals surface area contributed by atoms with Crippen LogP contribution in [0, 0.1) is 5.92 Å². The lowest BCUT2D eigenvalue weighted by molar-refractivity contribution is -0.0536. The maximum absolute atomic E-state index is 9.03. The Bertz CT molecular complexity index is 94.4. The Kier molecular flexibility index (Phi) is 5.41. The molecule has 0 aliphatic heterocycles. The Morgan fingerprint density at radius 2 is 1.64 bits per heavy atom. The van der Waals surface area contributed by atoms with Crippen molar-refractivity contribution in [1.29, 1.82) is 0 Å². The summed E-state index contributed by atoms with van der Waals surface area (Å²) in [6, 6.07) is 0. The minimum absolute atomic E-state index is 0.0956. The normalized spacial score (nSPS) is 16.9. The third-order valence-corrected chi connectivity index (χ3v) is 1.72. The molecule has 68 valence electrons. The molecular weight excluding hydrogens is 148 g/mol. The molecule has 0 heterocycles. The molecule has 0 aromatic rings. The van der Waals surface area contributed by atoms with Crippen molar-refractivity contribution in [2.24, 2.45) is 5.92 Å². The summed E-state index contributed by atoms with van der Waals surface area (Å²) in [6.07, 6.45) is -1.34. The molecule has 4 N–H and O–H groups in total. The average molecular weight is 164 g/mol. The molecule has 0 rings (SSSR count). The molecule has 0 aliphatic carbocycles. The van der Waals surface area contributed by atoms with Gasteiger partial charge in [-0.05, 0) is 18.8 Å². The lowest BCUT2D eigenvalue weighted by atomic mass is 9.99. The number of hydrogen-bond acceptors (Lipinski definition) is 4. The zero-order valence-corrected chi connectivity index (χ0v) is 6.64. The van der Waals surface area contributed by atoms with Crippen LogP contribution in [0.15, 0.2) is 0 Å². The van der Waals surface area contributed by atoms with E-state index in [-0.39, 0.29) is 18.9 Å². The van der Waals surface area contributed by atoms with Gasteiger partial charge in [0.15, 0.2) is 6.29 Å². The first-order valence-corrected chi connectivity index (χ1v) is 3.73. The molecule has 4 nitrogen and oxygen atoms in total. The van der Waals surface area contributed by atoms with Crippen molar-refractivity contribution in [2.75, 3.05) is 6.61 Å². The largest absolute Gasteiger partial charge is 0.394 e. The minimum Gasteiger partial charge on any atom is -0.394 e. The lowest BCUT2D eigenvalue weighted by Crippen LogP contribution is -2.22. The summed E-state index contributed by atoms with van der Waals surface area (Å²) in [5.74, 6) is -0.0956. The molecule has 4 heteroatoms. The van der Waals surface area contributed by atoms with Crippen molar-refractivity contribution < 1.29 is 20.4 Å². The summed E-state index contributed by atoms with van der Waals surface area (Å²) >= 11 is 0. The van der Waals surface area contributed by atoms with Crippen molar-refractivity contribution >= 4 is 0 Å².